The van der Waals surface area contributed by atoms with E-state index in [4.69, 9.17) is 0 Å². The maximum Gasteiger partial charge on any atom is 0.137 e. The molecule has 1 unspecified atom stereocenters. The molecule has 1 aromatic rings. The van der Waals surface area contributed by atoms with Crippen LogP contribution in [0.25, 0.3) is 0 Å². The van der Waals surface area contributed by atoms with Crippen LogP contribution in [0.3, 0.4) is 0 Å². The zero-order valence-corrected chi connectivity index (χ0v) is 7.92. The van der Waals surface area contributed by atoms with E-state index in [9.17, 15) is 4.79 Å². The lowest BCUT2D eigenvalue weighted by atomic mass is 9.99. The molecule has 0 amide bonds. The topological polar surface area (TPSA) is 17.1 Å². The summed E-state index contributed by atoms with van der Waals surface area (Å²) >= 11 is 0. The molecule has 68 valence electrons. The highest BCUT2D eigenvalue weighted by molar-refractivity contribution is 5.82. The van der Waals surface area contributed by atoms with Gasteiger partial charge < -0.3 is 0 Å². The fourth-order valence-electron chi connectivity index (χ4n) is 2.05. The molecule has 13 heavy (non-hydrogen) atoms. The fourth-order valence-corrected chi connectivity index (χ4v) is 2.05. The minimum atomic E-state index is 0.387. The summed E-state index contributed by atoms with van der Waals surface area (Å²) in [5, 5.41) is 0. The van der Waals surface area contributed by atoms with Crippen LogP contribution < -0.4 is 0 Å². The van der Waals surface area contributed by atoms with Crippen molar-refractivity contribution in [2.24, 2.45) is 5.92 Å². The highest BCUT2D eigenvalue weighted by atomic mass is 16.1. The summed E-state index contributed by atoms with van der Waals surface area (Å²) in [6.07, 6.45) is 2.44. The molecular formula is C12H14O. The van der Waals surface area contributed by atoms with Crippen LogP contribution in [0.2, 0.25) is 0 Å². The molecule has 0 radical (unpaired) electrons. The van der Waals surface area contributed by atoms with Crippen molar-refractivity contribution in [2.75, 3.05) is 0 Å². The van der Waals surface area contributed by atoms with Gasteiger partial charge >= 0.3 is 0 Å². The number of Topliss-reactive ketones (excluding diaryl/α,β-unsaturated/α-hetero) is 1. The van der Waals surface area contributed by atoms with Gasteiger partial charge in [-0.15, -0.1) is 0 Å². The van der Waals surface area contributed by atoms with Crippen LogP contribution in [0.15, 0.2) is 24.3 Å². The third-order valence-corrected chi connectivity index (χ3v) is 2.65. The van der Waals surface area contributed by atoms with Crippen molar-refractivity contribution in [2.45, 2.75) is 26.2 Å². The monoisotopic (exact) mass is 174 g/mol. The van der Waals surface area contributed by atoms with E-state index in [1.165, 1.54) is 11.1 Å². The molecule has 0 aliphatic heterocycles. The Morgan fingerprint density at radius 1 is 1.15 bits per heavy atom. The van der Waals surface area contributed by atoms with Crippen molar-refractivity contribution in [3.05, 3.63) is 35.4 Å². The van der Waals surface area contributed by atoms with E-state index in [0.29, 0.717) is 18.1 Å². The molecule has 0 saturated heterocycles. The van der Waals surface area contributed by atoms with Gasteiger partial charge in [0.2, 0.25) is 0 Å². The lowest BCUT2D eigenvalue weighted by molar-refractivity contribution is -0.119. The van der Waals surface area contributed by atoms with Gasteiger partial charge in [-0.05, 0) is 23.5 Å². The first-order valence-electron chi connectivity index (χ1n) is 4.84. The summed E-state index contributed by atoms with van der Waals surface area (Å²) in [5.74, 6) is 0.897. The standard InChI is InChI=1S/C12H14O/c1-9-6-10-4-2-3-5-11(10)8-12(13)7-9/h2-5,9H,6-8H2,1H3. The van der Waals surface area contributed by atoms with E-state index < -0.39 is 0 Å². The third-order valence-electron chi connectivity index (χ3n) is 2.65. The first-order valence-corrected chi connectivity index (χ1v) is 4.84. The molecule has 1 nitrogen and oxygen atoms in total. The maximum absolute atomic E-state index is 11.5. The Morgan fingerprint density at radius 3 is 2.62 bits per heavy atom. The largest absolute Gasteiger partial charge is 0.299 e. The van der Waals surface area contributed by atoms with E-state index >= 15 is 0 Å². The third kappa shape index (κ3) is 1.80. The molecule has 0 aromatic heterocycles. The Bertz CT molecular complexity index is 328. The van der Waals surface area contributed by atoms with Crippen LogP contribution in [0.4, 0.5) is 0 Å². The lowest BCUT2D eigenvalue weighted by Crippen LogP contribution is -2.04. The van der Waals surface area contributed by atoms with Crippen LogP contribution in [0, 0.1) is 5.92 Å². The zero-order valence-electron chi connectivity index (χ0n) is 7.92. The quantitative estimate of drug-likeness (QED) is 0.552. The average Bonchev–Trinajstić information content (AvgIpc) is 2.20. The first kappa shape index (κ1) is 8.49. The summed E-state index contributed by atoms with van der Waals surface area (Å²) in [4.78, 5) is 11.5. The molecule has 1 aliphatic carbocycles. The van der Waals surface area contributed by atoms with E-state index in [1.54, 1.807) is 0 Å². The summed E-state index contributed by atoms with van der Waals surface area (Å²) in [6.45, 7) is 2.15. The minimum absolute atomic E-state index is 0.387. The van der Waals surface area contributed by atoms with Gasteiger partial charge in [-0.2, -0.15) is 0 Å². The number of hydrogen-bond acceptors (Lipinski definition) is 1. The van der Waals surface area contributed by atoms with Crippen LogP contribution >= 0.6 is 0 Å². The lowest BCUT2D eigenvalue weighted by Gasteiger charge is -2.06. The second kappa shape index (κ2) is 3.33. The van der Waals surface area contributed by atoms with Crippen LogP contribution in [0.1, 0.15) is 24.5 Å². The van der Waals surface area contributed by atoms with Gasteiger partial charge in [0.15, 0.2) is 0 Å². The highest BCUT2D eigenvalue weighted by Crippen LogP contribution is 2.21. The van der Waals surface area contributed by atoms with Crippen molar-refractivity contribution < 1.29 is 4.79 Å². The molecule has 0 saturated carbocycles. The summed E-state index contributed by atoms with van der Waals surface area (Å²) in [6, 6.07) is 8.29. The van der Waals surface area contributed by atoms with E-state index in [1.807, 2.05) is 6.07 Å². The maximum atomic E-state index is 11.5. The second-order valence-corrected chi connectivity index (χ2v) is 4.00. The molecule has 0 bridgehead atoms. The molecule has 0 fully saturated rings. The Kier molecular flexibility index (Phi) is 2.17. The SMILES string of the molecule is CC1CC(=O)Cc2ccccc2C1. The van der Waals surface area contributed by atoms with Crippen molar-refractivity contribution in [3.63, 3.8) is 0 Å². The molecular weight excluding hydrogens is 160 g/mol. The van der Waals surface area contributed by atoms with Crippen LogP contribution in [-0.2, 0) is 17.6 Å². The Balaban J connectivity index is 2.38. The predicted molar refractivity (Wildman–Crippen MR) is 52.6 cm³/mol. The van der Waals surface area contributed by atoms with E-state index in [-0.39, 0.29) is 0 Å². The van der Waals surface area contributed by atoms with Crippen LogP contribution in [0.5, 0.6) is 0 Å². The number of hydrogen-bond donors (Lipinski definition) is 0. The Hall–Kier alpha value is -1.11. The number of rotatable bonds is 0. The Morgan fingerprint density at radius 2 is 1.85 bits per heavy atom. The molecule has 1 atom stereocenters. The zero-order chi connectivity index (χ0) is 9.26. The fraction of sp³-hybridized carbons (Fsp3) is 0.417. The second-order valence-electron chi connectivity index (χ2n) is 4.00. The molecule has 0 N–H and O–H groups in total. The molecule has 2 rings (SSSR count). The summed E-state index contributed by atoms with van der Waals surface area (Å²) < 4.78 is 0. The highest BCUT2D eigenvalue weighted by Gasteiger charge is 2.17. The molecule has 1 aliphatic rings. The van der Waals surface area contributed by atoms with Gasteiger partial charge in [0.05, 0.1) is 0 Å². The smallest absolute Gasteiger partial charge is 0.137 e. The van der Waals surface area contributed by atoms with Crippen molar-refractivity contribution in [1.29, 1.82) is 0 Å². The van der Waals surface area contributed by atoms with E-state index in [0.717, 1.165) is 12.8 Å². The van der Waals surface area contributed by atoms with Gasteiger partial charge in [-0.25, -0.2) is 0 Å². The summed E-state index contributed by atoms with van der Waals surface area (Å²) in [7, 11) is 0. The molecule has 0 spiro atoms. The van der Waals surface area contributed by atoms with Gasteiger partial charge in [-0.3, -0.25) is 4.79 Å². The predicted octanol–water partition coefficient (Wildman–Crippen LogP) is 2.38. The molecule has 0 heterocycles. The van der Waals surface area contributed by atoms with Crippen LogP contribution in [-0.4, -0.2) is 5.78 Å². The number of fused-ring (bicyclic) bond motifs is 1. The molecule has 1 heteroatoms. The first-order chi connectivity index (χ1) is 6.25. The van der Waals surface area contributed by atoms with E-state index in [2.05, 4.69) is 25.1 Å². The molecule has 1 aromatic carbocycles. The Labute approximate surface area is 78.8 Å². The number of carbonyl (C=O) groups excluding carboxylic acids is 1. The average molecular weight is 174 g/mol. The van der Waals surface area contributed by atoms with Crippen molar-refractivity contribution in [3.8, 4) is 0 Å². The van der Waals surface area contributed by atoms with Gasteiger partial charge in [0.25, 0.3) is 0 Å². The number of ketones is 1. The number of benzene rings is 1. The van der Waals surface area contributed by atoms with Gasteiger partial charge in [-0.1, -0.05) is 31.2 Å². The minimum Gasteiger partial charge on any atom is -0.299 e. The van der Waals surface area contributed by atoms with Crippen molar-refractivity contribution >= 4 is 5.78 Å². The summed E-state index contributed by atoms with van der Waals surface area (Å²) in [5.41, 5.74) is 2.60. The normalized spacial score (nSPS) is 22.2. The van der Waals surface area contributed by atoms with Gasteiger partial charge in [0, 0.05) is 12.8 Å². The van der Waals surface area contributed by atoms with Gasteiger partial charge in [0.1, 0.15) is 5.78 Å². The van der Waals surface area contributed by atoms with Crippen molar-refractivity contribution in [1.82, 2.24) is 0 Å². The number of carbonyl (C=O) groups is 1.